The molecule has 0 aliphatic heterocycles. The van der Waals surface area contributed by atoms with Gasteiger partial charge >= 0.3 is 0 Å². The summed E-state index contributed by atoms with van der Waals surface area (Å²) in [6.07, 6.45) is 0. The van der Waals surface area contributed by atoms with Crippen LogP contribution in [0.2, 0.25) is 0 Å². The summed E-state index contributed by atoms with van der Waals surface area (Å²) < 4.78 is 14.5. The zero-order chi connectivity index (χ0) is 14.2. The van der Waals surface area contributed by atoms with Crippen molar-refractivity contribution >= 4 is 31.9 Å². The zero-order valence-corrected chi connectivity index (χ0v) is 14.3. The van der Waals surface area contributed by atoms with Crippen molar-refractivity contribution < 1.29 is 4.39 Å². The molecule has 0 aromatic heterocycles. The lowest BCUT2D eigenvalue weighted by molar-refractivity contribution is 0.624. The van der Waals surface area contributed by atoms with Gasteiger partial charge < -0.3 is 0 Å². The molecule has 100 valence electrons. The van der Waals surface area contributed by atoms with Gasteiger partial charge in [-0.25, -0.2) is 4.39 Å². The molecule has 0 saturated carbocycles. The van der Waals surface area contributed by atoms with E-state index in [1.807, 2.05) is 19.9 Å². The molecule has 1 atom stereocenters. The molecule has 0 N–H and O–H groups in total. The van der Waals surface area contributed by atoms with Gasteiger partial charge in [0.2, 0.25) is 0 Å². The van der Waals surface area contributed by atoms with Gasteiger partial charge in [-0.3, -0.25) is 0 Å². The van der Waals surface area contributed by atoms with E-state index in [1.165, 1.54) is 11.1 Å². The van der Waals surface area contributed by atoms with Crippen LogP contribution in [0, 0.1) is 26.6 Å². The van der Waals surface area contributed by atoms with Crippen LogP contribution < -0.4 is 0 Å². The van der Waals surface area contributed by atoms with E-state index in [-0.39, 0.29) is 10.6 Å². The molecule has 0 saturated heterocycles. The number of aryl methyl sites for hydroxylation is 3. The Morgan fingerprint density at radius 2 is 1.53 bits per heavy atom. The largest absolute Gasteiger partial charge is 0.207 e. The van der Waals surface area contributed by atoms with E-state index < -0.39 is 0 Å². The molecule has 0 heterocycles. The van der Waals surface area contributed by atoms with Crippen LogP contribution in [0.3, 0.4) is 0 Å². The highest BCUT2D eigenvalue weighted by molar-refractivity contribution is 9.10. The molecule has 0 amide bonds. The predicted molar refractivity (Wildman–Crippen MR) is 85.5 cm³/mol. The van der Waals surface area contributed by atoms with E-state index in [0.29, 0.717) is 0 Å². The van der Waals surface area contributed by atoms with Crippen LogP contribution in [0.15, 0.2) is 34.8 Å². The van der Waals surface area contributed by atoms with Crippen molar-refractivity contribution in [3.05, 3.63) is 68.4 Å². The first-order chi connectivity index (χ1) is 8.90. The number of alkyl halides is 1. The number of hydrogen-bond acceptors (Lipinski definition) is 0. The molecule has 19 heavy (non-hydrogen) atoms. The Bertz CT molecular complexity index is 597. The Morgan fingerprint density at radius 1 is 0.947 bits per heavy atom. The van der Waals surface area contributed by atoms with E-state index in [4.69, 9.17) is 0 Å². The monoisotopic (exact) mass is 384 g/mol. The number of halogens is 3. The molecule has 0 fully saturated rings. The maximum absolute atomic E-state index is 13.4. The summed E-state index contributed by atoms with van der Waals surface area (Å²) in [4.78, 5) is 0.0832. The SMILES string of the molecule is Cc1cc(C(Br)c2c(C)cc(F)cc2C)ccc1Br. The topological polar surface area (TPSA) is 0 Å². The third-order valence-corrected chi connectivity index (χ3v) is 5.16. The van der Waals surface area contributed by atoms with Crippen LogP contribution in [0.1, 0.15) is 32.6 Å². The Balaban J connectivity index is 2.49. The molecule has 2 aromatic rings. The maximum Gasteiger partial charge on any atom is 0.123 e. The lowest BCUT2D eigenvalue weighted by Gasteiger charge is -2.17. The van der Waals surface area contributed by atoms with Crippen molar-refractivity contribution in [3.63, 3.8) is 0 Å². The van der Waals surface area contributed by atoms with E-state index in [1.54, 1.807) is 12.1 Å². The quantitative estimate of drug-likeness (QED) is 0.556. The standard InChI is InChI=1S/C16H15Br2F/c1-9-6-12(4-5-14(9)17)16(18)15-10(2)7-13(19)8-11(15)3/h4-8,16H,1-3H3. The molecule has 0 aliphatic rings. The molecule has 0 radical (unpaired) electrons. The minimum absolute atomic E-state index is 0.0832. The smallest absolute Gasteiger partial charge is 0.123 e. The fourth-order valence-electron chi connectivity index (χ4n) is 2.31. The highest BCUT2D eigenvalue weighted by Gasteiger charge is 2.16. The molecule has 0 bridgehead atoms. The first-order valence-corrected chi connectivity index (χ1v) is 7.77. The molecule has 2 aromatic carbocycles. The second-order valence-electron chi connectivity index (χ2n) is 4.82. The normalized spacial score (nSPS) is 12.5. The molecular weight excluding hydrogens is 371 g/mol. The lowest BCUT2D eigenvalue weighted by atomic mass is 9.95. The Kier molecular flexibility index (Phi) is 4.46. The van der Waals surface area contributed by atoms with Crippen molar-refractivity contribution in [2.75, 3.05) is 0 Å². The third kappa shape index (κ3) is 3.09. The summed E-state index contributed by atoms with van der Waals surface area (Å²) in [6.45, 7) is 5.97. The van der Waals surface area contributed by atoms with Crippen LogP contribution in [0.4, 0.5) is 4.39 Å². The van der Waals surface area contributed by atoms with Crippen LogP contribution >= 0.6 is 31.9 Å². The van der Waals surface area contributed by atoms with E-state index in [0.717, 1.165) is 21.2 Å². The van der Waals surface area contributed by atoms with Gasteiger partial charge in [0.25, 0.3) is 0 Å². The first-order valence-electron chi connectivity index (χ1n) is 6.07. The highest BCUT2D eigenvalue weighted by Crippen LogP contribution is 2.36. The van der Waals surface area contributed by atoms with Gasteiger partial charge in [0, 0.05) is 4.47 Å². The lowest BCUT2D eigenvalue weighted by Crippen LogP contribution is -2.00. The minimum Gasteiger partial charge on any atom is -0.207 e. The maximum atomic E-state index is 13.4. The van der Waals surface area contributed by atoms with E-state index in [2.05, 4.69) is 50.9 Å². The van der Waals surface area contributed by atoms with Gasteiger partial charge in [-0.05, 0) is 66.8 Å². The zero-order valence-electron chi connectivity index (χ0n) is 11.1. The summed E-state index contributed by atoms with van der Waals surface area (Å²) in [5, 5.41) is 0. The van der Waals surface area contributed by atoms with Crippen molar-refractivity contribution in [3.8, 4) is 0 Å². The average Bonchev–Trinajstić information content (AvgIpc) is 2.31. The first kappa shape index (κ1) is 14.7. The fraction of sp³-hybridized carbons (Fsp3) is 0.250. The van der Waals surface area contributed by atoms with Crippen LogP contribution in [0.25, 0.3) is 0 Å². The van der Waals surface area contributed by atoms with Gasteiger partial charge in [0.1, 0.15) is 5.82 Å². The fourth-order valence-corrected chi connectivity index (χ4v) is 3.57. The molecule has 0 aliphatic carbocycles. The molecule has 1 unspecified atom stereocenters. The number of rotatable bonds is 2. The van der Waals surface area contributed by atoms with Crippen LogP contribution in [-0.4, -0.2) is 0 Å². The number of benzene rings is 2. The van der Waals surface area contributed by atoms with Crippen molar-refractivity contribution in [1.29, 1.82) is 0 Å². The van der Waals surface area contributed by atoms with E-state index in [9.17, 15) is 4.39 Å². The average molecular weight is 386 g/mol. The molecule has 0 nitrogen and oxygen atoms in total. The van der Waals surface area contributed by atoms with Gasteiger partial charge in [-0.15, -0.1) is 0 Å². The number of hydrogen-bond donors (Lipinski definition) is 0. The summed E-state index contributed by atoms with van der Waals surface area (Å²) >= 11 is 7.25. The van der Waals surface area contributed by atoms with Crippen LogP contribution in [0.5, 0.6) is 0 Å². The molecular formula is C16H15Br2F. The molecule has 2 rings (SSSR count). The van der Waals surface area contributed by atoms with Crippen LogP contribution in [-0.2, 0) is 0 Å². The van der Waals surface area contributed by atoms with Gasteiger partial charge in [-0.1, -0.05) is 44.0 Å². The second-order valence-corrected chi connectivity index (χ2v) is 6.59. The van der Waals surface area contributed by atoms with Crippen molar-refractivity contribution in [2.24, 2.45) is 0 Å². The van der Waals surface area contributed by atoms with Gasteiger partial charge in [0.15, 0.2) is 0 Å². The van der Waals surface area contributed by atoms with Gasteiger partial charge in [0.05, 0.1) is 4.83 Å². The molecule has 3 heteroatoms. The van der Waals surface area contributed by atoms with E-state index >= 15 is 0 Å². The predicted octanol–water partition coefficient (Wildman–Crippen LogP) is 6.00. The Hall–Kier alpha value is -0.670. The second kappa shape index (κ2) is 5.76. The summed E-state index contributed by atoms with van der Waals surface area (Å²) in [6, 6.07) is 9.45. The third-order valence-electron chi connectivity index (χ3n) is 3.29. The van der Waals surface area contributed by atoms with Crippen molar-refractivity contribution in [2.45, 2.75) is 25.6 Å². The Labute approximate surface area is 130 Å². The summed E-state index contributed by atoms with van der Waals surface area (Å²) in [7, 11) is 0. The van der Waals surface area contributed by atoms with Gasteiger partial charge in [-0.2, -0.15) is 0 Å². The van der Waals surface area contributed by atoms with Crippen molar-refractivity contribution in [1.82, 2.24) is 0 Å². The Morgan fingerprint density at radius 3 is 2.05 bits per heavy atom. The summed E-state index contributed by atoms with van der Waals surface area (Å²) in [5.41, 5.74) is 5.46. The summed E-state index contributed by atoms with van der Waals surface area (Å²) in [5.74, 6) is -0.176. The molecule has 0 spiro atoms. The minimum atomic E-state index is -0.176. The highest BCUT2D eigenvalue weighted by atomic mass is 79.9.